The predicted octanol–water partition coefficient (Wildman–Crippen LogP) is 4.86. The van der Waals surface area contributed by atoms with E-state index >= 15 is 0 Å². The molecule has 5 nitrogen and oxygen atoms in total. The van der Waals surface area contributed by atoms with Gasteiger partial charge in [-0.25, -0.2) is 13.4 Å². The van der Waals surface area contributed by atoms with Gasteiger partial charge in [0.15, 0.2) is 9.84 Å². The molecular weight excluding hydrogens is 416 g/mol. The Kier molecular flexibility index (Phi) is 5.40. The Balaban J connectivity index is 1.43. The molecule has 0 saturated carbocycles. The van der Waals surface area contributed by atoms with Crippen molar-refractivity contribution in [3.63, 3.8) is 0 Å². The Hall–Kier alpha value is -3.03. The lowest BCUT2D eigenvalue weighted by molar-refractivity contribution is -0.115. The third-order valence-electron chi connectivity index (χ3n) is 4.68. The van der Waals surface area contributed by atoms with E-state index in [0.29, 0.717) is 5.69 Å². The lowest BCUT2D eigenvalue weighted by atomic mass is 10.1. The fraction of sp³-hybridized carbons (Fsp3) is 0.130. The number of carbonyl (C=O) groups excluding carboxylic acids is 1. The molecule has 0 radical (unpaired) electrons. The maximum atomic E-state index is 12.3. The molecule has 1 N–H and O–H groups in total. The number of fused-ring (bicyclic) bond motifs is 1. The summed E-state index contributed by atoms with van der Waals surface area (Å²) in [4.78, 5) is 17.3. The SMILES string of the molecule is Cc1ccc2nc(-c3ccc(NC(=O)Cc4ccc(S(C)(=O)=O)cc4)cc3)sc2c1. The fourth-order valence-corrected chi connectivity index (χ4v) is 4.80. The van der Waals surface area contributed by atoms with Crippen molar-refractivity contribution in [3.8, 4) is 10.6 Å². The van der Waals surface area contributed by atoms with Gasteiger partial charge in [-0.15, -0.1) is 11.3 Å². The summed E-state index contributed by atoms with van der Waals surface area (Å²) in [5, 5.41) is 3.82. The monoisotopic (exact) mass is 436 g/mol. The van der Waals surface area contributed by atoms with E-state index in [1.807, 2.05) is 30.3 Å². The molecular formula is C23H20N2O3S2. The van der Waals surface area contributed by atoms with E-state index in [1.165, 1.54) is 17.7 Å². The van der Waals surface area contributed by atoms with Crippen LogP contribution in [0.4, 0.5) is 5.69 Å². The lowest BCUT2D eigenvalue weighted by Crippen LogP contribution is -2.14. The number of hydrogen-bond donors (Lipinski definition) is 1. The van der Waals surface area contributed by atoms with Crippen molar-refractivity contribution in [2.24, 2.45) is 0 Å². The van der Waals surface area contributed by atoms with E-state index < -0.39 is 9.84 Å². The van der Waals surface area contributed by atoms with E-state index in [4.69, 9.17) is 0 Å². The number of sulfone groups is 1. The number of benzene rings is 3. The van der Waals surface area contributed by atoms with Crippen molar-refractivity contribution < 1.29 is 13.2 Å². The lowest BCUT2D eigenvalue weighted by Gasteiger charge is -2.07. The van der Waals surface area contributed by atoms with Crippen LogP contribution in [0, 0.1) is 6.92 Å². The first kappa shape index (κ1) is 20.3. The number of hydrogen-bond acceptors (Lipinski definition) is 5. The quantitative estimate of drug-likeness (QED) is 0.485. The highest BCUT2D eigenvalue weighted by Gasteiger charge is 2.10. The molecule has 0 atom stereocenters. The maximum absolute atomic E-state index is 12.3. The highest BCUT2D eigenvalue weighted by molar-refractivity contribution is 7.90. The molecule has 0 aliphatic heterocycles. The normalized spacial score (nSPS) is 11.5. The molecule has 0 bridgehead atoms. The zero-order valence-corrected chi connectivity index (χ0v) is 18.2. The van der Waals surface area contributed by atoms with Gasteiger partial charge in [-0.1, -0.05) is 18.2 Å². The summed E-state index contributed by atoms with van der Waals surface area (Å²) in [7, 11) is -3.24. The third kappa shape index (κ3) is 4.58. The number of nitrogens with one attached hydrogen (secondary N) is 1. The molecule has 152 valence electrons. The summed E-state index contributed by atoms with van der Waals surface area (Å²) in [5.41, 5.74) is 4.65. The second-order valence-electron chi connectivity index (χ2n) is 7.21. The third-order valence-corrected chi connectivity index (χ3v) is 6.87. The second-order valence-corrected chi connectivity index (χ2v) is 10.3. The zero-order chi connectivity index (χ0) is 21.3. The first-order valence-corrected chi connectivity index (χ1v) is 12.1. The van der Waals surface area contributed by atoms with E-state index in [9.17, 15) is 13.2 Å². The van der Waals surface area contributed by atoms with Gasteiger partial charge >= 0.3 is 0 Å². The Labute approximate surface area is 179 Å². The van der Waals surface area contributed by atoms with Gasteiger partial charge in [0.25, 0.3) is 0 Å². The van der Waals surface area contributed by atoms with Crippen molar-refractivity contribution in [2.45, 2.75) is 18.2 Å². The Morgan fingerprint density at radius 1 is 1.00 bits per heavy atom. The van der Waals surface area contributed by atoms with E-state index in [2.05, 4.69) is 29.4 Å². The van der Waals surface area contributed by atoms with E-state index in [-0.39, 0.29) is 17.2 Å². The minimum absolute atomic E-state index is 0.162. The van der Waals surface area contributed by atoms with Gasteiger partial charge in [0.1, 0.15) is 5.01 Å². The molecule has 0 saturated heterocycles. The molecule has 1 amide bonds. The van der Waals surface area contributed by atoms with Crippen molar-refractivity contribution in [2.75, 3.05) is 11.6 Å². The van der Waals surface area contributed by atoms with Gasteiger partial charge in [0, 0.05) is 17.5 Å². The van der Waals surface area contributed by atoms with Crippen molar-refractivity contribution >= 4 is 43.0 Å². The van der Waals surface area contributed by atoms with Crippen LogP contribution in [0.3, 0.4) is 0 Å². The predicted molar refractivity (Wildman–Crippen MR) is 122 cm³/mol. The van der Waals surface area contributed by atoms with Crippen LogP contribution in [0.1, 0.15) is 11.1 Å². The van der Waals surface area contributed by atoms with Gasteiger partial charge in [0.05, 0.1) is 21.5 Å². The first-order valence-electron chi connectivity index (χ1n) is 9.34. The van der Waals surface area contributed by atoms with Crippen LogP contribution in [-0.4, -0.2) is 25.6 Å². The average Bonchev–Trinajstić information content (AvgIpc) is 3.11. The van der Waals surface area contributed by atoms with Gasteiger partial charge in [-0.2, -0.15) is 0 Å². The number of amides is 1. The molecule has 0 spiro atoms. The largest absolute Gasteiger partial charge is 0.326 e. The molecule has 0 aliphatic rings. The molecule has 7 heteroatoms. The van der Waals surface area contributed by atoms with Gasteiger partial charge < -0.3 is 5.32 Å². The molecule has 0 unspecified atom stereocenters. The molecule has 3 aromatic carbocycles. The Morgan fingerprint density at radius 2 is 1.70 bits per heavy atom. The van der Waals surface area contributed by atoms with Crippen LogP contribution in [-0.2, 0) is 21.1 Å². The van der Waals surface area contributed by atoms with Crippen LogP contribution >= 0.6 is 11.3 Å². The van der Waals surface area contributed by atoms with Crippen LogP contribution in [0.25, 0.3) is 20.8 Å². The minimum atomic E-state index is -3.24. The van der Waals surface area contributed by atoms with Crippen LogP contribution in [0.5, 0.6) is 0 Å². The number of aryl methyl sites for hydroxylation is 1. The topological polar surface area (TPSA) is 76.1 Å². The molecule has 4 aromatic rings. The van der Waals surface area contributed by atoms with E-state index in [1.54, 1.807) is 23.5 Å². The summed E-state index contributed by atoms with van der Waals surface area (Å²) in [6.45, 7) is 2.07. The first-order chi connectivity index (χ1) is 14.3. The van der Waals surface area contributed by atoms with Crippen LogP contribution in [0.15, 0.2) is 71.6 Å². The second kappa shape index (κ2) is 8.01. The number of rotatable bonds is 5. The fourth-order valence-electron chi connectivity index (χ4n) is 3.10. The highest BCUT2D eigenvalue weighted by Crippen LogP contribution is 2.31. The molecule has 0 aliphatic carbocycles. The van der Waals surface area contributed by atoms with Crippen molar-refractivity contribution in [3.05, 3.63) is 77.9 Å². The summed E-state index contributed by atoms with van der Waals surface area (Å²) >= 11 is 1.65. The number of carbonyl (C=O) groups is 1. The standard InChI is InChI=1S/C23H20N2O3S2/c1-15-3-12-20-21(13-15)29-23(25-20)17-6-8-18(9-7-17)24-22(26)14-16-4-10-19(11-5-16)30(2,27)28/h3-13H,14H2,1-2H3,(H,24,26). The maximum Gasteiger partial charge on any atom is 0.228 e. The summed E-state index contributed by atoms with van der Waals surface area (Å²) in [6.07, 6.45) is 1.33. The van der Waals surface area contributed by atoms with Gasteiger partial charge in [-0.3, -0.25) is 4.79 Å². The number of anilines is 1. The average molecular weight is 437 g/mol. The molecule has 4 rings (SSSR count). The number of nitrogens with zero attached hydrogens (tertiary/aromatic N) is 1. The highest BCUT2D eigenvalue weighted by atomic mass is 32.2. The molecule has 30 heavy (non-hydrogen) atoms. The smallest absolute Gasteiger partial charge is 0.228 e. The van der Waals surface area contributed by atoms with E-state index in [0.717, 1.165) is 32.6 Å². The van der Waals surface area contributed by atoms with Crippen molar-refractivity contribution in [1.82, 2.24) is 4.98 Å². The Bertz CT molecular complexity index is 1320. The van der Waals surface area contributed by atoms with Crippen molar-refractivity contribution in [1.29, 1.82) is 0 Å². The molecule has 1 aromatic heterocycles. The van der Waals surface area contributed by atoms with Crippen LogP contribution in [0.2, 0.25) is 0 Å². The van der Waals surface area contributed by atoms with Crippen LogP contribution < -0.4 is 5.32 Å². The van der Waals surface area contributed by atoms with Gasteiger partial charge in [0.2, 0.25) is 5.91 Å². The van der Waals surface area contributed by atoms with Gasteiger partial charge in [-0.05, 0) is 66.6 Å². The summed E-state index contributed by atoms with van der Waals surface area (Å²) < 4.78 is 24.2. The number of aromatic nitrogens is 1. The molecule has 1 heterocycles. The summed E-state index contributed by atoms with van der Waals surface area (Å²) in [6, 6.07) is 20.2. The zero-order valence-electron chi connectivity index (χ0n) is 16.5. The number of thiazole rings is 1. The Morgan fingerprint density at radius 3 is 2.37 bits per heavy atom. The molecule has 0 fully saturated rings. The summed E-state index contributed by atoms with van der Waals surface area (Å²) in [5.74, 6) is -0.162. The minimum Gasteiger partial charge on any atom is -0.326 e.